The molecule has 0 unspecified atom stereocenters. The Labute approximate surface area is 169 Å². The monoisotopic (exact) mass is 427 g/mol. The third-order valence-corrected chi connectivity index (χ3v) is 6.21. The van der Waals surface area contributed by atoms with Gasteiger partial charge in [0.05, 0.1) is 5.56 Å². The van der Waals surface area contributed by atoms with Gasteiger partial charge in [-0.3, -0.25) is 9.69 Å². The van der Waals surface area contributed by atoms with Crippen LogP contribution in [-0.4, -0.2) is 29.6 Å². The van der Waals surface area contributed by atoms with Crippen molar-refractivity contribution in [1.29, 1.82) is 0 Å². The van der Waals surface area contributed by atoms with Gasteiger partial charge in [0.15, 0.2) is 0 Å². The van der Waals surface area contributed by atoms with E-state index < -0.39 is 0 Å². The summed E-state index contributed by atoms with van der Waals surface area (Å²) in [6.45, 7) is 7.34. The maximum Gasteiger partial charge on any atom is 0.255 e. The maximum absolute atomic E-state index is 12.6. The standard InChI is InChI=1S/C22H26BrN3O/c1-15(2)17-5-3-16(4-6-17)14-26-11-9-22(10-12-26)24-20-8-7-18(23)13-19(20)21(27)25-22/h3-8,13,15,24H,9-12,14H2,1-2H3,(H,25,27). The number of piperidine rings is 1. The number of halogens is 1. The van der Waals surface area contributed by atoms with Crippen molar-refractivity contribution < 1.29 is 4.79 Å². The second-order valence-corrected chi connectivity index (χ2v) is 8.94. The van der Waals surface area contributed by atoms with Crippen LogP contribution in [0.5, 0.6) is 0 Å². The summed E-state index contributed by atoms with van der Waals surface area (Å²) in [7, 11) is 0. The summed E-state index contributed by atoms with van der Waals surface area (Å²) in [5.74, 6) is 0.584. The van der Waals surface area contributed by atoms with Crippen LogP contribution in [0.2, 0.25) is 0 Å². The van der Waals surface area contributed by atoms with Crippen molar-refractivity contribution in [2.24, 2.45) is 0 Å². The highest BCUT2D eigenvalue weighted by atomic mass is 79.9. The van der Waals surface area contributed by atoms with E-state index in [9.17, 15) is 4.79 Å². The lowest BCUT2D eigenvalue weighted by Gasteiger charge is -2.46. The Kier molecular flexibility index (Phi) is 4.99. The SMILES string of the molecule is CC(C)c1ccc(CN2CCC3(CC2)NC(=O)c2cc(Br)ccc2N3)cc1. The van der Waals surface area contributed by atoms with Crippen LogP contribution in [0.25, 0.3) is 0 Å². The molecule has 0 aliphatic carbocycles. The number of amides is 1. The number of carbonyl (C=O) groups excluding carboxylic acids is 1. The van der Waals surface area contributed by atoms with Gasteiger partial charge in [-0.2, -0.15) is 0 Å². The molecular formula is C22H26BrN3O. The highest BCUT2D eigenvalue weighted by Gasteiger charge is 2.40. The first-order valence-corrected chi connectivity index (χ1v) is 10.4. The first-order valence-electron chi connectivity index (χ1n) is 9.66. The number of carbonyl (C=O) groups is 1. The lowest BCUT2D eigenvalue weighted by atomic mass is 9.92. The summed E-state index contributed by atoms with van der Waals surface area (Å²) in [6, 6.07) is 14.8. The fourth-order valence-electron chi connectivity index (χ4n) is 4.00. The maximum atomic E-state index is 12.6. The van der Waals surface area contributed by atoms with Crippen LogP contribution in [0.15, 0.2) is 46.9 Å². The average molecular weight is 428 g/mol. The van der Waals surface area contributed by atoms with E-state index >= 15 is 0 Å². The molecule has 0 radical (unpaired) electrons. The molecule has 0 atom stereocenters. The minimum atomic E-state index is -0.323. The van der Waals surface area contributed by atoms with Gasteiger partial charge in [0.25, 0.3) is 5.91 Å². The van der Waals surface area contributed by atoms with Crippen molar-refractivity contribution >= 4 is 27.5 Å². The van der Waals surface area contributed by atoms with E-state index in [1.807, 2.05) is 18.2 Å². The van der Waals surface area contributed by atoms with Crippen LogP contribution in [0.1, 0.15) is 54.1 Å². The van der Waals surface area contributed by atoms with Gasteiger partial charge >= 0.3 is 0 Å². The Morgan fingerprint density at radius 1 is 1.07 bits per heavy atom. The van der Waals surface area contributed by atoms with E-state index in [4.69, 9.17) is 0 Å². The van der Waals surface area contributed by atoms with Crippen molar-refractivity contribution in [2.75, 3.05) is 18.4 Å². The summed E-state index contributed by atoms with van der Waals surface area (Å²) in [4.78, 5) is 15.1. The number of nitrogens with one attached hydrogen (secondary N) is 2. The molecule has 0 saturated carbocycles. The third kappa shape index (κ3) is 3.90. The van der Waals surface area contributed by atoms with Crippen LogP contribution in [0.4, 0.5) is 5.69 Å². The van der Waals surface area contributed by atoms with Gasteiger partial charge in [0.1, 0.15) is 5.66 Å². The van der Waals surface area contributed by atoms with E-state index in [1.54, 1.807) is 0 Å². The average Bonchev–Trinajstić information content (AvgIpc) is 2.65. The highest BCUT2D eigenvalue weighted by molar-refractivity contribution is 9.10. The van der Waals surface area contributed by atoms with Crippen LogP contribution in [0.3, 0.4) is 0 Å². The number of fused-ring (bicyclic) bond motifs is 1. The molecule has 142 valence electrons. The summed E-state index contributed by atoms with van der Waals surface area (Å²) < 4.78 is 0.924. The number of nitrogens with zero attached hydrogens (tertiary/aromatic N) is 1. The minimum Gasteiger partial charge on any atom is -0.362 e. The summed E-state index contributed by atoms with van der Waals surface area (Å²) in [5.41, 5.74) is 4.06. The number of benzene rings is 2. The molecule has 2 aliphatic heterocycles. The minimum absolute atomic E-state index is 0.0165. The number of anilines is 1. The molecule has 4 nitrogen and oxygen atoms in total. The van der Waals surface area contributed by atoms with Crippen molar-refractivity contribution in [3.05, 3.63) is 63.6 Å². The fourth-order valence-corrected chi connectivity index (χ4v) is 4.36. The van der Waals surface area contributed by atoms with Crippen molar-refractivity contribution in [3.63, 3.8) is 0 Å². The molecule has 2 N–H and O–H groups in total. The molecule has 1 saturated heterocycles. The predicted octanol–water partition coefficient (Wildman–Crippen LogP) is 4.72. The van der Waals surface area contributed by atoms with Gasteiger partial charge in [-0.15, -0.1) is 0 Å². The molecule has 4 rings (SSSR count). The van der Waals surface area contributed by atoms with E-state index in [0.717, 1.165) is 42.6 Å². The molecule has 2 aromatic carbocycles. The topological polar surface area (TPSA) is 44.4 Å². The zero-order valence-corrected chi connectivity index (χ0v) is 17.5. The van der Waals surface area contributed by atoms with E-state index in [-0.39, 0.29) is 11.6 Å². The number of hydrogen-bond acceptors (Lipinski definition) is 3. The highest BCUT2D eigenvalue weighted by Crippen LogP contribution is 2.33. The molecular weight excluding hydrogens is 402 g/mol. The molecule has 0 bridgehead atoms. The Balaban J connectivity index is 1.40. The number of rotatable bonds is 3. The predicted molar refractivity (Wildman–Crippen MR) is 113 cm³/mol. The molecule has 1 spiro atoms. The molecule has 1 fully saturated rings. The molecule has 2 aromatic rings. The Bertz CT molecular complexity index is 839. The first kappa shape index (κ1) is 18.5. The number of hydrogen-bond donors (Lipinski definition) is 2. The van der Waals surface area contributed by atoms with Gasteiger partial charge < -0.3 is 10.6 Å². The lowest BCUT2D eigenvalue weighted by Crippen LogP contribution is -2.62. The molecule has 2 heterocycles. The van der Waals surface area contributed by atoms with E-state index in [1.165, 1.54) is 11.1 Å². The van der Waals surface area contributed by atoms with Crippen LogP contribution >= 0.6 is 15.9 Å². The van der Waals surface area contributed by atoms with Crippen molar-refractivity contribution in [1.82, 2.24) is 10.2 Å². The van der Waals surface area contributed by atoms with Crippen LogP contribution < -0.4 is 10.6 Å². The first-order chi connectivity index (χ1) is 12.9. The van der Waals surface area contributed by atoms with Gasteiger partial charge in [-0.05, 0) is 35.2 Å². The van der Waals surface area contributed by atoms with Crippen molar-refractivity contribution in [3.8, 4) is 0 Å². The lowest BCUT2D eigenvalue weighted by molar-refractivity contribution is 0.0822. The quantitative estimate of drug-likeness (QED) is 0.744. The van der Waals surface area contributed by atoms with Crippen molar-refractivity contribution in [2.45, 2.75) is 44.8 Å². The van der Waals surface area contributed by atoms with Gasteiger partial charge in [-0.1, -0.05) is 54.0 Å². The molecule has 5 heteroatoms. The molecule has 1 amide bonds. The second-order valence-electron chi connectivity index (χ2n) is 8.02. The van der Waals surface area contributed by atoms with E-state index in [0.29, 0.717) is 11.5 Å². The Hall–Kier alpha value is -1.85. The van der Waals surface area contributed by atoms with Crippen LogP contribution in [0, 0.1) is 0 Å². The van der Waals surface area contributed by atoms with Gasteiger partial charge in [0, 0.05) is 42.6 Å². The Morgan fingerprint density at radius 3 is 2.44 bits per heavy atom. The number of likely N-dealkylation sites (tertiary alicyclic amines) is 1. The molecule has 2 aliphatic rings. The summed E-state index contributed by atoms with van der Waals surface area (Å²) in [5, 5.41) is 6.82. The normalized spacial score (nSPS) is 18.9. The van der Waals surface area contributed by atoms with E-state index in [2.05, 4.69) is 69.6 Å². The zero-order valence-electron chi connectivity index (χ0n) is 15.9. The molecule has 27 heavy (non-hydrogen) atoms. The summed E-state index contributed by atoms with van der Waals surface area (Å²) in [6.07, 6.45) is 1.80. The van der Waals surface area contributed by atoms with Gasteiger partial charge in [-0.25, -0.2) is 0 Å². The zero-order chi connectivity index (χ0) is 19.0. The smallest absolute Gasteiger partial charge is 0.255 e. The second kappa shape index (κ2) is 7.28. The van der Waals surface area contributed by atoms with Gasteiger partial charge in [0.2, 0.25) is 0 Å². The Morgan fingerprint density at radius 2 is 1.78 bits per heavy atom. The third-order valence-electron chi connectivity index (χ3n) is 5.72. The van der Waals surface area contributed by atoms with Crippen LogP contribution in [-0.2, 0) is 6.54 Å². The molecule has 0 aromatic heterocycles. The summed E-state index contributed by atoms with van der Waals surface area (Å²) >= 11 is 3.44. The fraction of sp³-hybridized carbons (Fsp3) is 0.409. The largest absolute Gasteiger partial charge is 0.362 e.